The maximum absolute atomic E-state index is 8.65. The predicted molar refractivity (Wildman–Crippen MR) is 81.7 cm³/mol. The smallest absolute Gasteiger partial charge is 0.0991 e. The van der Waals surface area contributed by atoms with Gasteiger partial charge in [0.05, 0.1) is 11.6 Å². The van der Waals surface area contributed by atoms with E-state index in [0.717, 1.165) is 11.5 Å². The molecule has 2 rings (SSSR count). The molecule has 0 saturated carbocycles. The lowest BCUT2D eigenvalue weighted by molar-refractivity contribution is 0.626. The van der Waals surface area contributed by atoms with Gasteiger partial charge < -0.3 is 0 Å². The Balaban J connectivity index is 0.000000312. The summed E-state index contributed by atoms with van der Waals surface area (Å²) in [5.74, 6) is 0.884. The van der Waals surface area contributed by atoms with Crippen molar-refractivity contribution in [2.45, 2.75) is 27.2 Å². The van der Waals surface area contributed by atoms with Crippen LogP contribution in [0.2, 0.25) is 0 Å². The van der Waals surface area contributed by atoms with Crippen LogP contribution in [-0.2, 0) is 0 Å². The highest BCUT2D eigenvalue weighted by atomic mass is 14.2. The zero-order valence-corrected chi connectivity index (χ0v) is 11.9. The van der Waals surface area contributed by atoms with Crippen LogP contribution in [0.4, 0.5) is 0 Å². The minimum atomic E-state index is 0.699. The Hall–Kier alpha value is -2.07. The van der Waals surface area contributed by atoms with Crippen molar-refractivity contribution in [3.63, 3.8) is 0 Å². The monoisotopic (exact) mass is 251 g/mol. The number of nitrogens with zero attached hydrogens (tertiary/aromatic N) is 1. The van der Waals surface area contributed by atoms with Gasteiger partial charge in [0.15, 0.2) is 0 Å². The molecular formula is C18H21N. The Morgan fingerprint density at radius 1 is 0.895 bits per heavy atom. The molecule has 0 atom stereocenters. The van der Waals surface area contributed by atoms with E-state index in [-0.39, 0.29) is 0 Å². The third-order valence-corrected chi connectivity index (χ3v) is 2.94. The van der Waals surface area contributed by atoms with Crippen molar-refractivity contribution >= 4 is 0 Å². The van der Waals surface area contributed by atoms with Crippen molar-refractivity contribution in [3.8, 4) is 17.2 Å². The highest BCUT2D eigenvalue weighted by Crippen LogP contribution is 2.18. The molecule has 98 valence electrons. The van der Waals surface area contributed by atoms with Crippen LogP contribution < -0.4 is 0 Å². The lowest BCUT2D eigenvalue weighted by Crippen LogP contribution is -1.77. The van der Waals surface area contributed by atoms with Gasteiger partial charge in [-0.2, -0.15) is 5.26 Å². The summed E-state index contributed by atoms with van der Waals surface area (Å²) >= 11 is 0. The Morgan fingerprint density at radius 3 is 1.79 bits per heavy atom. The fourth-order valence-electron chi connectivity index (χ4n) is 1.37. The molecule has 0 N–H and O–H groups in total. The minimum Gasteiger partial charge on any atom is -0.192 e. The van der Waals surface area contributed by atoms with Crippen LogP contribution in [-0.4, -0.2) is 0 Å². The summed E-state index contributed by atoms with van der Waals surface area (Å²) < 4.78 is 0. The first-order valence-corrected chi connectivity index (χ1v) is 6.73. The largest absolute Gasteiger partial charge is 0.192 e. The van der Waals surface area contributed by atoms with Crippen LogP contribution in [0, 0.1) is 17.2 Å². The van der Waals surface area contributed by atoms with E-state index < -0.39 is 0 Å². The Labute approximate surface area is 116 Å². The highest BCUT2D eigenvalue weighted by molar-refractivity contribution is 5.63. The van der Waals surface area contributed by atoms with Crippen molar-refractivity contribution in [3.05, 3.63) is 60.2 Å². The van der Waals surface area contributed by atoms with Gasteiger partial charge in [-0.15, -0.1) is 0 Å². The molecule has 0 amide bonds. The molecule has 2 aromatic rings. The van der Waals surface area contributed by atoms with E-state index in [1.165, 1.54) is 12.0 Å². The zero-order chi connectivity index (χ0) is 14.1. The first-order chi connectivity index (χ1) is 9.17. The van der Waals surface area contributed by atoms with E-state index in [1.807, 2.05) is 42.5 Å². The molecule has 0 aliphatic carbocycles. The first-order valence-electron chi connectivity index (χ1n) is 6.73. The van der Waals surface area contributed by atoms with E-state index in [2.05, 4.69) is 39.0 Å². The van der Waals surface area contributed by atoms with Gasteiger partial charge in [-0.3, -0.25) is 0 Å². The standard InChI is InChI=1S/C13H9N.C5H12/c14-10-11-6-8-13(9-7-11)12-4-2-1-3-5-12;1-4-5(2)3/h1-9H;5H,4H2,1-3H3. The SMILES string of the molecule is CCC(C)C.N#Cc1ccc(-c2ccccc2)cc1. The average molecular weight is 251 g/mol. The van der Waals surface area contributed by atoms with Gasteiger partial charge in [-0.1, -0.05) is 69.7 Å². The van der Waals surface area contributed by atoms with Crippen molar-refractivity contribution in [1.82, 2.24) is 0 Å². The van der Waals surface area contributed by atoms with Gasteiger partial charge in [0.2, 0.25) is 0 Å². The molecular weight excluding hydrogens is 230 g/mol. The Kier molecular flexibility index (Phi) is 6.39. The number of rotatable bonds is 2. The van der Waals surface area contributed by atoms with E-state index in [4.69, 9.17) is 5.26 Å². The van der Waals surface area contributed by atoms with Gasteiger partial charge in [0, 0.05) is 0 Å². The molecule has 0 fully saturated rings. The summed E-state index contributed by atoms with van der Waals surface area (Å²) in [7, 11) is 0. The molecule has 0 aromatic heterocycles. The van der Waals surface area contributed by atoms with Crippen LogP contribution in [0.3, 0.4) is 0 Å². The van der Waals surface area contributed by atoms with Crippen LogP contribution in [0.5, 0.6) is 0 Å². The molecule has 0 saturated heterocycles. The lowest BCUT2D eigenvalue weighted by atomic mass is 10.0. The van der Waals surface area contributed by atoms with Crippen LogP contribution in [0.1, 0.15) is 32.8 Å². The van der Waals surface area contributed by atoms with Crippen molar-refractivity contribution < 1.29 is 0 Å². The molecule has 2 aromatic carbocycles. The normalized spacial score (nSPS) is 9.42. The quantitative estimate of drug-likeness (QED) is 0.712. The van der Waals surface area contributed by atoms with Crippen LogP contribution in [0.15, 0.2) is 54.6 Å². The molecule has 0 spiro atoms. The molecule has 0 aliphatic heterocycles. The number of hydrogen-bond acceptors (Lipinski definition) is 1. The van der Waals surface area contributed by atoms with Crippen LogP contribution in [0.25, 0.3) is 11.1 Å². The maximum Gasteiger partial charge on any atom is 0.0991 e. The molecule has 19 heavy (non-hydrogen) atoms. The number of nitriles is 1. The van der Waals surface area contributed by atoms with Gasteiger partial charge in [0.25, 0.3) is 0 Å². The maximum atomic E-state index is 8.65. The summed E-state index contributed by atoms with van der Waals surface area (Å²) in [5, 5.41) is 8.65. The van der Waals surface area contributed by atoms with Crippen molar-refractivity contribution in [1.29, 1.82) is 5.26 Å². The molecule has 0 bridgehead atoms. The van der Waals surface area contributed by atoms with Gasteiger partial charge in [0.1, 0.15) is 0 Å². The highest BCUT2D eigenvalue weighted by Gasteiger charge is 1.95. The fraction of sp³-hybridized carbons (Fsp3) is 0.278. The second-order valence-corrected chi connectivity index (χ2v) is 4.86. The Morgan fingerprint density at radius 2 is 1.37 bits per heavy atom. The van der Waals surface area contributed by atoms with Gasteiger partial charge in [-0.25, -0.2) is 0 Å². The molecule has 0 unspecified atom stereocenters. The number of hydrogen-bond donors (Lipinski definition) is 0. The summed E-state index contributed by atoms with van der Waals surface area (Å²) in [6, 6.07) is 19.8. The van der Waals surface area contributed by atoms with Gasteiger partial charge >= 0.3 is 0 Å². The summed E-state index contributed by atoms with van der Waals surface area (Å²) in [6.45, 7) is 6.64. The topological polar surface area (TPSA) is 23.8 Å². The van der Waals surface area contributed by atoms with E-state index in [0.29, 0.717) is 5.56 Å². The third kappa shape index (κ3) is 5.40. The fourth-order valence-corrected chi connectivity index (χ4v) is 1.37. The van der Waals surface area contributed by atoms with E-state index in [1.54, 1.807) is 0 Å². The molecule has 0 radical (unpaired) electrons. The van der Waals surface area contributed by atoms with E-state index in [9.17, 15) is 0 Å². The molecule has 0 heterocycles. The van der Waals surface area contributed by atoms with Crippen molar-refractivity contribution in [2.75, 3.05) is 0 Å². The minimum absolute atomic E-state index is 0.699. The lowest BCUT2D eigenvalue weighted by Gasteiger charge is -1.99. The van der Waals surface area contributed by atoms with Crippen molar-refractivity contribution in [2.24, 2.45) is 5.92 Å². The summed E-state index contributed by atoms with van der Waals surface area (Å²) in [4.78, 5) is 0. The summed E-state index contributed by atoms with van der Waals surface area (Å²) in [6.07, 6.45) is 1.31. The van der Waals surface area contributed by atoms with Gasteiger partial charge in [-0.05, 0) is 29.2 Å². The number of benzene rings is 2. The average Bonchev–Trinajstić information content (AvgIpc) is 2.49. The first kappa shape index (κ1) is 15.0. The van der Waals surface area contributed by atoms with Crippen LogP contribution >= 0.6 is 0 Å². The Bertz CT molecular complexity index is 504. The second-order valence-electron chi connectivity index (χ2n) is 4.86. The summed E-state index contributed by atoms with van der Waals surface area (Å²) in [5.41, 5.74) is 3.02. The van der Waals surface area contributed by atoms with E-state index >= 15 is 0 Å². The molecule has 0 aliphatic rings. The zero-order valence-electron chi connectivity index (χ0n) is 11.9. The second kappa shape index (κ2) is 8.11. The molecule has 1 nitrogen and oxygen atoms in total. The predicted octanol–water partition coefficient (Wildman–Crippen LogP) is 5.28. The molecule has 1 heteroatoms. The third-order valence-electron chi connectivity index (χ3n) is 2.94.